The van der Waals surface area contributed by atoms with Crippen LogP contribution in [0.25, 0.3) is 0 Å². The highest BCUT2D eigenvalue weighted by Gasteiger charge is 2.47. The van der Waals surface area contributed by atoms with E-state index in [4.69, 9.17) is 21.1 Å². The lowest BCUT2D eigenvalue weighted by molar-refractivity contribution is -0.0589. The van der Waals surface area contributed by atoms with Gasteiger partial charge in [-0.3, -0.25) is 0 Å². The van der Waals surface area contributed by atoms with Crippen molar-refractivity contribution in [2.75, 3.05) is 31.7 Å². The number of ether oxygens (including phenoxy) is 2. The van der Waals surface area contributed by atoms with Crippen molar-refractivity contribution in [3.63, 3.8) is 0 Å². The number of hydrogen-bond acceptors (Lipinski definition) is 8. The number of nitrogens with zero attached hydrogens (tertiary/aromatic N) is 3. The van der Waals surface area contributed by atoms with Crippen LogP contribution < -0.4 is 9.64 Å². The SMILES string of the molecule is CO[C@@H]([C@@H]1CCC[C@@H](S(=O)(=O)c2ncccn2)C1)[C@@H]1CC[C@H]1CN1CC2(CCCc3cc(Cl)ccc32)COc2ccc(C(=O)O)cc21. The van der Waals surface area contributed by atoms with Gasteiger partial charge in [0, 0.05) is 43.0 Å². The number of fused-ring (bicyclic) bond motifs is 3. The third kappa shape index (κ3) is 6.13. The number of rotatable bonds is 8. The van der Waals surface area contributed by atoms with Crippen LogP contribution in [-0.4, -0.2) is 67.6 Å². The first-order chi connectivity index (χ1) is 22.7. The van der Waals surface area contributed by atoms with Gasteiger partial charge in [0.05, 0.1) is 29.2 Å². The number of benzene rings is 2. The number of carbonyl (C=O) groups is 1. The summed E-state index contributed by atoms with van der Waals surface area (Å²) in [5.41, 5.74) is 3.31. The summed E-state index contributed by atoms with van der Waals surface area (Å²) in [5.74, 6) is 0.426. The summed E-state index contributed by atoms with van der Waals surface area (Å²) in [6, 6.07) is 13.0. The molecule has 6 atom stereocenters. The molecule has 47 heavy (non-hydrogen) atoms. The van der Waals surface area contributed by atoms with E-state index < -0.39 is 21.1 Å². The van der Waals surface area contributed by atoms with Gasteiger partial charge in [-0.1, -0.05) is 24.1 Å². The Hall–Kier alpha value is -3.21. The quantitative estimate of drug-likeness (QED) is 0.271. The molecule has 2 aromatic carbocycles. The van der Waals surface area contributed by atoms with E-state index in [2.05, 4.69) is 27.0 Å². The van der Waals surface area contributed by atoms with Gasteiger partial charge in [0.1, 0.15) is 5.75 Å². The van der Waals surface area contributed by atoms with Crippen LogP contribution in [-0.2, 0) is 26.4 Å². The van der Waals surface area contributed by atoms with E-state index >= 15 is 0 Å². The van der Waals surface area contributed by atoms with Crippen molar-refractivity contribution in [1.29, 1.82) is 0 Å². The molecule has 250 valence electrons. The molecule has 2 fully saturated rings. The van der Waals surface area contributed by atoms with Gasteiger partial charge in [-0.15, -0.1) is 0 Å². The zero-order valence-corrected chi connectivity index (χ0v) is 28.3. The number of hydrogen-bond donors (Lipinski definition) is 1. The summed E-state index contributed by atoms with van der Waals surface area (Å²) >= 11 is 6.42. The topological polar surface area (TPSA) is 119 Å². The molecule has 2 saturated carbocycles. The summed E-state index contributed by atoms with van der Waals surface area (Å²) in [4.78, 5) is 22.6. The molecule has 9 nitrogen and oxygen atoms in total. The lowest BCUT2D eigenvalue weighted by atomic mass is 9.65. The maximum atomic E-state index is 13.5. The second-order valence-corrected chi connectivity index (χ2v) is 16.5. The zero-order valence-electron chi connectivity index (χ0n) is 26.7. The van der Waals surface area contributed by atoms with Gasteiger partial charge in [0.15, 0.2) is 0 Å². The van der Waals surface area contributed by atoms with Crippen LogP contribution in [0, 0.1) is 17.8 Å². The Morgan fingerprint density at radius 1 is 1.13 bits per heavy atom. The third-order valence-electron chi connectivity index (χ3n) is 11.3. The second-order valence-electron chi connectivity index (χ2n) is 13.9. The van der Waals surface area contributed by atoms with Crippen LogP contribution in [0.3, 0.4) is 0 Å². The van der Waals surface area contributed by atoms with Crippen molar-refractivity contribution in [3.8, 4) is 5.75 Å². The first kappa shape index (κ1) is 32.3. The first-order valence-corrected chi connectivity index (χ1v) is 18.7. The van der Waals surface area contributed by atoms with Crippen molar-refractivity contribution in [1.82, 2.24) is 9.97 Å². The molecule has 1 aliphatic heterocycles. The largest absolute Gasteiger partial charge is 0.490 e. The number of carboxylic acids is 1. The molecule has 0 saturated heterocycles. The highest BCUT2D eigenvalue weighted by atomic mass is 35.5. The highest BCUT2D eigenvalue weighted by molar-refractivity contribution is 7.91. The number of aromatic nitrogens is 2. The predicted octanol–water partition coefficient (Wildman–Crippen LogP) is 6.38. The minimum absolute atomic E-state index is 0.0667. The fraction of sp³-hybridized carbons (Fsp3) is 0.528. The van der Waals surface area contributed by atoms with E-state index in [1.54, 1.807) is 31.4 Å². The molecular weight excluding hydrogens is 638 g/mol. The van der Waals surface area contributed by atoms with Crippen LogP contribution in [0.5, 0.6) is 5.75 Å². The smallest absolute Gasteiger partial charge is 0.335 e. The van der Waals surface area contributed by atoms with Crippen LogP contribution >= 0.6 is 11.6 Å². The van der Waals surface area contributed by atoms with Gasteiger partial charge in [0.25, 0.3) is 0 Å². The third-order valence-corrected chi connectivity index (χ3v) is 13.5. The van der Waals surface area contributed by atoms with E-state index in [9.17, 15) is 18.3 Å². The van der Waals surface area contributed by atoms with Crippen LogP contribution in [0.15, 0.2) is 60.0 Å². The van der Waals surface area contributed by atoms with Crippen molar-refractivity contribution in [2.45, 2.75) is 79.7 Å². The van der Waals surface area contributed by atoms with Gasteiger partial charge in [-0.05, 0) is 117 Å². The van der Waals surface area contributed by atoms with E-state index in [1.807, 2.05) is 6.07 Å². The maximum Gasteiger partial charge on any atom is 0.335 e. The predicted molar refractivity (Wildman–Crippen MR) is 179 cm³/mol. The summed E-state index contributed by atoms with van der Waals surface area (Å²) in [6.45, 7) is 1.95. The Bertz CT molecular complexity index is 1740. The van der Waals surface area contributed by atoms with Crippen LogP contribution in [0.2, 0.25) is 5.02 Å². The molecule has 1 spiro atoms. The molecule has 0 radical (unpaired) electrons. The molecule has 2 heterocycles. The van der Waals surface area contributed by atoms with Crippen LogP contribution in [0.4, 0.5) is 5.69 Å². The first-order valence-electron chi connectivity index (χ1n) is 16.8. The lowest BCUT2D eigenvalue weighted by Gasteiger charge is -2.48. The zero-order chi connectivity index (χ0) is 32.8. The normalized spacial score (nSPS) is 27.9. The average molecular weight is 680 g/mol. The lowest BCUT2D eigenvalue weighted by Crippen LogP contribution is -2.51. The number of sulfone groups is 1. The molecule has 3 aromatic rings. The van der Waals surface area contributed by atoms with E-state index in [-0.39, 0.29) is 34.1 Å². The number of aromatic carboxylic acids is 1. The summed E-state index contributed by atoms with van der Waals surface area (Å²) < 4.78 is 39.7. The fourth-order valence-electron chi connectivity index (χ4n) is 8.84. The molecule has 0 bridgehead atoms. The number of halogens is 1. The molecule has 0 amide bonds. The Labute approximate surface area is 281 Å². The summed E-state index contributed by atoms with van der Waals surface area (Å²) in [5, 5.41) is 10.0. The Morgan fingerprint density at radius 3 is 2.70 bits per heavy atom. The molecule has 7 rings (SSSR count). The van der Waals surface area contributed by atoms with E-state index in [1.165, 1.54) is 23.5 Å². The molecule has 1 N–H and O–H groups in total. The Balaban J connectivity index is 1.16. The van der Waals surface area contributed by atoms with Crippen molar-refractivity contribution >= 4 is 33.1 Å². The van der Waals surface area contributed by atoms with Gasteiger partial charge >= 0.3 is 5.97 Å². The monoisotopic (exact) mass is 679 g/mol. The van der Waals surface area contributed by atoms with Gasteiger partial charge in [-0.25, -0.2) is 23.2 Å². The minimum Gasteiger partial charge on any atom is -0.490 e. The van der Waals surface area contributed by atoms with Gasteiger partial charge in [0.2, 0.25) is 15.0 Å². The summed E-state index contributed by atoms with van der Waals surface area (Å²) in [7, 11) is -1.88. The van der Waals surface area contributed by atoms with E-state index in [0.29, 0.717) is 37.7 Å². The minimum atomic E-state index is -3.64. The molecule has 11 heteroatoms. The maximum absolute atomic E-state index is 13.5. The molecule has 3 aliphatic carbocycles. The fourth-order valence-corrected chi connectivity index (χ4v) is 10.7. The molecule has 4 aliphatic rings. The highest BCUT2D eigenvalue weighted by Crippen LogP contribution is 2.48. The molecular formula is C36H42ClN3O6S. The number of anilines is 1. The van der Waals surface area contributed by atoms with Gasteiger partial charge in [-0.2, -0.15) is 0 Å². The van der Waals surface area contributed by atoms with Crippen molar-refractivity contribution in [2.24, 2.45) is 17.8 Å². The number of carboxylic acid groups (broad SMARTS) is 1. The summed E-state index contributed by atoms with van der Waals surface area (Å²) in [6.07, 6.45) is 10.8. The second kappa shape index (κ2) is 13.0. The number of methoxy groups -OCH3 is 1. The molecule has 1 aromatic heterocycles. The van der Waals surface area contributed by atoms with Crippen molar-refractivity contribution < 1.29 is 27.8 Å². The number of aryl methyl sites for hydroxylation is 1. The van der Waals surface area contributed by atoms with Crippen LogP contribution in [0.1, 0.15) is 72.9 Å². The Kier molecular flexibility index (Phi) is 8.95. The van der Waals surface area contributed by atoms with Gasteiger partial charge < -0.3 is 19.5 Å². The Morgan fingerprint density at radius 2 is 1.96 bits per heavy atom. The van der Waals surface area contributed by atoms with Crippen molar-refractivity contribution in [3.05, 3.63) is 76.6 Å². The van der Waals surface area contributed by atoms with E-state index in [0.717, 1.165) is 62.2 Å². The molecule has 1 unspecified atom stereocenters. The average Bonchev–Trinajstić information content (AvgIpc) is 3.22. The standard InChI is InChI=1S/C36H42ClN3O6S/c1-45-33(24-5-2-7-28(18-24)47(43,44)35-38-15-4-16-39-35)29-11-8-26(29)20-40-21-36(14-3-6-23-17-27(37)10-12-30(23)36)22-46-32-13-9-25(34(41)42)19-31(32)40/h4,9-10,12-13,15-17,19,24,26,28-29,33H,2-3,5-8,11,14,18,20-22H2,1H3,(H,41,42)/t24-,26+,28-,29-,33+,36?/m1/s1.